The number of hydrogen-bond donors (Lipinski definition) is 1. The van der Waals surface area contributed by atoms with E-state index in [-0.39, 0.29) is 10.7 Å². The van der Waals surface area contributed by atoms with E-state index in [9.17, 15) is 12.8 Å². The highest BCUT2D eigenvalue weighted by molar-refractivity contribution is 7.89. The molecule has 0 atom stereocenters. The number of halogens is 1. The SMILES string of the molecule is O=S(=O)(c1c[nH]c2ncccc12)N1CCN(Cc2ccccc2F)CC1. The number of rotatable bonds is 4. The molecule has 0 radical (unpaired) electrons. The lowest BCUT2D eigenvalue weighted by atomic mass is 10.2. The molecule has 1 fully saturated rings. The molecule has 6 nitrogen and oxygen atoms in total. The van der Waals surface area contributed by atoms with Crippen LogP contribution in [0.5, 0.6) is 0 Å². The van der Waals surface area contributed by atoms with Crippen LogP contribution in [-0.2, 0) is 16.6 Å². The van der Waals surface area contributed by atoms with Gasteiger partial charge in [-0.05, 0) is 18.2 Å². The van der Waals surface area contributed by atoms with E-state index in [1.54, 1.807) is 30.5 Å². The van der Waals surface area contributed by atoms with Crippen LogP contribution < -0.4 is 0 Å². The molecule has 0 spiro atoms. The first-order chi connectivity index (χ1) is 12.6. The van der Waals surface area contributed by atoms with Crippen molar-refractivity contribution in [2.45, 2.75) is 11.4 Å². The van der Waals surface area contributed by atoms with E-state index in [1.165, 1.54) is 16.6 Å². The minimum atomic E-state index is -3.59. The van der Waals surface area contributed by atoms with Crippen molar-refractivity contribution in [1.82, 2.24) is 19.2 Å². The van der Waals surface area contributed by atoms with Crippen molar-refractivity contribution in [3.63, 3.8) is 0 Å². The number of hydrogen-bond acceptors (Lipinski definition) is 4. The Morgan fingerprint density at radius 1 is 1.08 bits per heavy atom. The predicted molar refractivity (Wildman–Crippen MR) is 96.5 cm³/mol. The number of nitrogens with zero attached hydrogens (tertiary/aromatic N) is 3. The smallest absolute Gasteiger partial charge is 0.245 e. The molecule has 1 aliphatic heterocycles. The Labute approximate surface area is 151 Å². The predicted octanol–water partition coefficient (Wildman–Crippen LogP) is 2.21. The fraction of sp³-hybridized carbons (Fsp3) is 0.278. The van der Waals surface area contributed by atoms with Crippen LogP contribution in [0.1, 0.15) is 5.56 Å². The second-order valence-electron chi connectivity index (χ2n) is 6.32. The quantitative estimate of drug-likeness (QED) is 0.760. The molecule has 1 N–H and O–H groups in total. The summed E-state index contributed by atoms with van der Waals surface area (Å²) in [5, 5.41) is 0.598. The van der Waals surface area contributed by atoms with Gasteiger partial charge in [0, 0.05) is 56.1 Å². The average molecular weight is 374 g/mol. The van der Waals surface area contributed by atoms with Gasteiger partial charge < -0.3 is 4.98 Å². The standard InChI is InChI=1S/C18H19FN4O2S/c19-16-6-2-1-4-14(16)13-22-8-10-23(11-9-22)26(24,25)17-12-21-18-15(17)5-3-7-20-18/h1-7,12H,8-11,13H2,(H,20,21). The van der Waals surface area contributed by atoms with Crippen molar-refractivity contribution < 1.29 is 12.8 Å². The van der Waals surface area contributed by atoms with Gasteiger partial charge in [0.1, 0.15) is 16.4 Å². The number of aromatic amines is 1. The third-order valence-electron chi connectivity index (χ3n) is 4.71. The summed E-state index contributed by atoms with van der Waals surface area (Å²) < 4.78 is 41.3. The van der Waals surface area contributed by atoms with Gasteiger partial charge in [-0.3, -0.25) is 4.90 Å². The number of aromatic nitrogens is 2. The number of piperazine rings is 1. The molecule has 1 aliphatic rings. The Bertz CT molecular complexity index is 1030. The van der Waals surface area contributed by atoms with E-state index in [0.29, 0.717) is 49.3 Å². The number of nitrogens with one attached hydrogen (secondary N) is 1. The molecule has 3 heterocycles. The lowest BCUT2D eigenvalue weighted by Crippen LogP contribution is -2.48. The number of pyridine rings is 1. The zero-order chi connectivity index (χ0) is 18.1. The normalized spacial score (nSPS) is 17.0. The lowest BCUT2D eigenvalue weighted by Gasteiger charge is -2.33. The third-order valence-corrected chi connectivity index (χ3v) is 6.65. The maximum atomic E-state index is 13.8. The summed E-state index contributed by atoms with van der Waals surface area (Å²) in [6.07, 6.45) is 3.12. The summed E-state index contributed by atoms with van der Waals surface area (Å²) in [7, 11) is -3.59. The fourth-order valence-electron chi connectivity index (χ4n) is 3.28. The van der Waals surface area contributed by atoms with Crippen molar-refractivity contribution in [1.29, 1.82) is 0 Å². The van der Waals surface area contributed by atoms with Crippen molar-refractivity contribution in [2.75, 3.05) is 26.2 Å². The molecule has 136 valence electrons. The van der Waals surface area contributed by atoms with Gasteiger partial charge >= 0.3 is 0 Å². The Morgan fingerprint density at radius 3 is 2.62 bits per heavy atom. The van der Waals surface area contributed by atoms with Gasteiger partial charge in [0.25, 0.3) is 0 Å². The zero-order valence-corrected chi connectivity index (χ0v) is 14.9. The molecule has 3 aromatic rings. The van der Waals surface area contributed by atoms with Crippen LogP contribution in [-0.4, -0.2) is 53.8 Å². The monoisotopic (exact) mass is 374 g/mol. The average Bonchev–Trinajstić information content (AvgIpc) is 3.09. The number of benzene rings is 1. The van der Waals surface area contributed by atoms with E-state index >= 15 is 0 Å². The summed E-state index contributed by atoms with van der Waals surface area (Å²) >= 11 is 0. The van der Waals surface area contributed by atoms with Crippen molar-refractivity contribution >= 4 is 21.1 Å². The summed E-state index contributed by atoms with van der Waals surface area (Å²) in [5.41, 5.74) is 1.19. The molecular weight excluding hydrogens is 355 g/mol. The molecule has 0 amide bonds. The number of H-pyrrole nitrogens is 1. The highest BCUT2D eigenvalue weighted by Gasteiger charge is 2.30. The molecule has 0 saturated carbocycles. The minimum absolute atomic E-state index is 0.228. The Kier molecular flexibility index (Phi) is 4.47. The number of fused-ring (bicyclic) bond motifs is 1. The second-order valence-corrected chi connectivity index (χ2v) is 8.23. The van der Waals surface area contributed by atoms with Crippen molar-refractivity contribution in [3.05, 3.63) is 60.2 Å². The van der Waals surface area contributed by atoms with Gasteiger partial charge in [-0.25, -0.2) is 17.8 Å². The van der Waals surface area contributed by atoms with Crippen LogP contribution >= 0.6 is 0 Å². The lowest BCUT2D eigenvalue weighted by molar-refractivity contribution is 0.180. The Morgan fingerprint density at radius 2 is 1.85 bits per heavy atom. The Hall–Kier alpha value is -2.29. The van der Waals surface area contributed by atoms with Crippen LogP contribution in [0.4, 0.5) is 4.39 Å². The van der Waals surface area contributed by atoms with Crippen LogP contribution in [0.3, 0.4) is 0 Å². The van der Waals surface area contributed by atoms with Gasteiger partial charge in [-0.1, -0.05) is 18.2 Å². The second kappa shape index (κ2) is 6.79. The highest BCUT2D eigenvalue weighted by atomic mass is 32.2. The van der Waals surface area contributed by atoms with Crippen LogP contribution in [0.2, 0.25) is 0 Å². The Balaban J connectivity index is 1.48. The van der Waals surface area contributed by atoms with E-state index in [4.69, 9.17) is 0 Å². The van der Waals surface area contributed by atoms with Gasteiger partial charge in [-0.15, -0.1) is 0 Å². The van der Waals surface area contributed by atoms with Crippen LogP contribution in [0.15, 0.2) is 53.7 Å². The fourth-order valence-corrected chi connectivity index (χ4v) is 4.85. The summed E-state index contributed by atoms with van der Waals surface area (Å²) in [6, 6.07) is 10.2. The van der Waals surface area contributed by atoms with E-state index in [2.05, 4.69) is 14.9 Å². The number of sulfonamides is 1. The molecule has 8 heteroatoms. The van der Waals surface area contributed by atoms with Gasteiger partial charge in [0.15, 0.2) is 0 Å². The summed E-state index contributed by atoms with van der Waals surface area (Å²) in [4.78, 5) is 9.38. The molecule has 0 aliphatic carbocycles. The maximum Gasteiger partial charge on any atom is 0.245 e. The molecule has 1 saturated heterocycles. The highest BCUT2D eigenvalue weighted by Crippen LogP contribution is 2.25. The molecule has 2 aromatic heterocycles. The van der Waals surface area contributed by atoms with Crippen LogP contribution in [0.25, 0.3) is 11.0 Å². The van der Waals surface area contributed by atoms with E-state index in [1.807, 2.05) is 6.07 Å². The van der Waals surface area contributed by atoms with E-state index < -0.39 is 10.0 Å². The van der Waals surface area contributed by atoms with Crippen LogP contribution in [0, 0.1) is 5.82 Å². The summed E-state index contributed by atoms with van der Waals surface area (Å²) in [5.74, 6) is -0.228. The molecule has 0 bridgehead atoms. The van der Waals surface area contributed by atoms with Gasteiger partial charge in [0.05, 0.1) is 0 Å². The van der Waals surface area contributed by atoms with Gasteiger partial charge in [0.2, 0.25) is 10.0 Å². The maximum absolute atomic E-state index is 13.8. The first-order valence-electron chi connectivity index (χ1n) is 8.44. The third kappa shape index (κ3) is 3.11. The first-order valence-corrected chi connectivity index (χ1v) is 9.88. The largest absolute Gasteiger partial charge is 0.345 e. The topological polar surface area (TPSA) is 69.3 Å². The molecular formula is C18H19FN4O2S. The molecule has 4 rings (SSSR count). The molecule has 0 unspecified atom stereocenters. The van der Waals surface area contributed by atoms with Crippen molar-refractivity contribution in [3.8, 4) is 0 Å². The molecule has 1 aromatic carbocycles. The molecule has 26 heavy (non-hydrogen) atoms. The summed E-state index contributed by atoms with van der Waals surface area (Å²) in [6.45, 7) is 2.37. The first kappa shape index (κ1) is 17.1. The van der Waals surface area contributed by atoms with Crippen molar-refractivity contribution in [2.24, 2.45) is 0 Å². The van der Waals surface area contributed by atoms with Gasteiger partial charge in [-0.2, -0.15) is 4.31 Å². The van der Waals surface area contributed by atoms with E-state index in [0.717, 1.165) is 0 Å². The zero-order valence-electron chi connectivity index (χ0n) is 14.1. The minimum Gasteiger partial charge on any atom is -0.345 e.